The summed E-state index contributed by atoms with van der Waals surface area (Å²) in [4.78, 5) is 16.4. The minimum absolute atomic E-state index is 0.117. The molecule has 3 N–H and O–H groups in total. The van der Waals surface area contributed by atoms with Crippen LogP contribution in [-0.2, 0) is 4.79 Å². The fraction of sp³-hybridized carbons (Fsp3) is 0.417. The lowest BCUT2D eigenvalue weighted by atomic mass is 9.91. The van der Waals surface area contributed by atoms with Crippen LogP contribution in [0.4, 0.5) is 0 Å². The quantitative estimate of drug-likeness (QED) is 0.476. The van der Waals surface area contributed by atoms with E-state index in [0.29, 0.717) is 19.0 Å². The molecule has 0 aliphatic heterocycles. The average Bonchev–Trinajstić information content (AvgIpc) is 3.27. The molecule has 5 heteroatoms. The molecule has 0 saturated heterocycles. The first kappa shape index (κ1) is 20.9. The maximum absolute atomic E-state index is 12.1. The standard InChI is InChI=1S/C24H32N4O/c1-25-24(26-17-16-23(29)28-21-14-8-9-15-21)27-18-22(19-10-4-2-5-11-19)20-12-6-3-7-13-20/h2-7,10-13,21-22H,8-9,14-18H2,1H3,(H,28,29)(H2,25,26,27). The van der Waals surface area contributed by atoms with Crippen molar-refractivity contribution in [1.29, 1.82) is 0 Å². The second-order valence-corrected chi connectivity index (χ2v) is 7.55. The van der Waals surface area contributed by atoms with Gasteiger partial charge in [0.05, 0.1) is 0 Å². The molecular weight excluding hydrogens is 360 g/mol. The molecule has 1 aliphatic carbocycles. The topological polar surface area (TPSA) is 65.5 Å². The first-order valence-electron chi connectivity index (χ1n) is 10.6. The van der Waals surface area contributed by atoms with Crippen molar-refractivity contribution < 1.29 is 4.79 Å². The lowest BCUT2D eigenvalue weighted by molar-refractivity contribution is -0.121. The number of aliphatic imine (C=N–C) groups is 1. The Hall–Kier alpha value is -2.82. The fourth-order valence-electron chi connectivity index (χ4n) is 3.88. The van der Waals surface area contributed by atoms with E-state index in [9.17, 15) is 4.79 Å². The number of rotatable bonds is 8. The number of guanidine groups is 1. The van der Waals surface area contributed by atoms with Crippen molar-refractivity contribution >= 4 is 11.9 Å². The summed E-state index contributed by atoms with van der Waals surface area (Å²) < 4.78 is 0. The Labute approximate surface area is 174 Å². The summed E-state index contributed by atoms with van der Waals surface area (Å²) in [6.45, 7) is 1.29. The third-order valence-corrected chi connectivity index (χ3v) is 5.47. The smallest absolute Gasteiger partial charge is 0.221 e. The number of carbonyl (C=O) groups is 1. The minimum atomic E-state index is 0.117. The van der Waals surface area contributed by atoms with Gasteiger partial charge in [-0.2, -0.15) is 0 Å². The molecule has 1 saturated carbocycles. The molecule has 154 valence electrons. The van der Waals surface area contributed by atoms with Gasteiger partial charge >= 0.3 is 0 Å². The molecule has 0 atom stereocenters. The van der Waals surface area contributed by atoms with Gasteiger partial charge in [0.15, 0.2) is 5.96 Å². The average molecular weight is 393 g/mol. The van der Waals surface area contributed by atoms with Gasteiger partial charge in [0.25, 0.3) is 0 Å². The van der Waals surface area contributed by atoms with Crippen LogP contribution in [0.5, 0.6) is 0 Å². The molecule has 1 amide bonds. The van der Waals surface area contributed by atoms with Crippen LogP contribution in [0.15, 0.2) is 65.7 Å². The summed E-state index contributed by atoms with van der Waals surface area (Å²) in [6.07, 6.45) is 5.14. The largest absolute Gasteiger partial charge is 0.356 e. The van der Waals surface area contributed by atoms with E-state index >= 15 is 0 Å². The van der Waals surface area contributed by atoms with Gasteiger partial charge in [-0.15, -0.1) is 0 Å². The number of nitrogens with zero attached hydrogens (tertiary/aromatic N) is 1. The fourth-order valence-corrected chi connectivity index (χ4v) is 3.88. The summed E-state index contributed by atoms with van der Waals surface area (Å²) in [5.74, 6) is 1.06. The van der Waals surface area contributed by atoms with E-state index in [4.69, 9.17) is 0 Å². The van der Waals surface area contributed by atoms with Gasteiger partial charge in [0.1, 0.15) is 0 Å². The van der Waals surface area contributed by atoms with Gasteiger partial charge in [-0.05, 0) is 24.0 Å². The van der Waals surface area contributed by atoms with E-state index in [1.807, 2.05) is 12.1 Å². The molecule has 0 heterocycles. The molecular formula is C24H32N4O. The molecule has 0 bridgehead atoms. The maximum atomic E-state index is 12.1. The molecule has 5 nitrogen and oxygen atoms in total. The normalized spacial score (nSPS) is 14.8. The summed E-state index contributed by atoms with van der Waals surface area (Å²) in [6, 6.07) is 21.4. The van der Waals surface area contributed by atoms with Crippen LogP contribution in [0.25, 0.3) is 0 Å². The highest BCUT2D eigenvalue weighted by Gasteiger charge is 2.17. The van der Waals surface area contributed by atoms with Crippen LogP contribution < -0.4 is 16.0 Å². The van der Waals surface area contributed by atoms with E-state index in [1.165, 1.54) is 24.0 Å². The number of nitrogens with one attached hydrogen (secondary N) is 3. The Morgan fingerprint density at radius 3 is 2.10 bits per heavy atom. The predicted octanol–water partition coefficient (Wildman–Crippen LogP) is 3.43. The Kier molecular flexibility index (Phi) is 8.11. The number of benzene rings is 2. The Morgan fingerprint density at radius 2 is 1.55 bits per heavy atom. The molecule has 0 unspecified atom stereocenters. The van der Waals surface area contributed by atoms with Crippen molar-refractivity contribution in [2.24, 2.45) is 4.99 Å². The van der Waals surface area contributed by atoms with Gasteiger partial charge in [-0.1, -0.05) is 73.5 Å². The third kappa shape index (κ3) is 6.63. The van der Waals surface area contributed by atoms with Crippen molar-refractivity contribution in [3.8, 4) is 0 Å². The Balaban J connectivity index is 1.50. The highest BCUT2D eigenvalue weighted by molar-refractivity contribution is 5.81. The summed E-state index contributed by atoms with van der Waals surface area (Å²) in [7, 11) is 1.76. The Bertz CT molecular complexity index is 730. The monoisotopic (exact) mass is 392 g/mol. The van der Waals surface area contributed by atoms with Gasteiger partial charge < -0.3 is 16.0 Å². The maximum Gasteiger partial charge on any atom is 0.221 e. The highest BCUT2D eigenvalue weighted by Crippen LogP contribution is 2.23. The second kappa shape index (κ2) is 11.2. The molecule has 1 aliphatic rings. The van der Waals surface area contributed by atoms with Crippen molar-refractivity contribution in [3.63, 3.8) is 0 Å². The number of amides is 1. The molecule has 0 spiro atoms. The van der Waals surface area contributed by atoms with Crippen LogP contribution in [0, 0.1) is 0 Å². The molecule has 2 aromatic rings. The first-order valence-corrected chi connectivity index (χ1v) is 10.6. The van der Waals surface area contributed by atoms with Gasteiger partial charge in [0.2, 0.25) is 5.91 Å². The second-order valence-electron chi connectivity index (χ2n) is 7.55. The summed E-state index contributed by atoms with van der Waals surface area (Å²) in [5, 5.41) is 9.81. The van der Waals surface area contributed by atoms with Crippen molar-refractivity contribution in [2.45, 2.75) is 44.1 Å². The zero-order chi connectivity index (χ0) is 20.3. The van der Waals surface area contributed by atoms with Crippen LogP contribution >= 0.6 is 0 Å². The van der Waals surface area contributed by atoms with Crippen LogP contribution in [0.1, 0.15) is 49.1 Å². The van der Waals surface area contributed by atoms with Gasteiger partial charge in [-0.3, -0.25) is 9.79 Å². The number of hydrogen-bond acceptors (Lipinski definition) is 2. The Morgan fingerprint density at radius 1 is 0.966 bits per heavy atom. The van der Waals surface area contributed by atoms with E-state index in [0.717, 1.165) is 25.3 Å². The lowest BCUT2D eigenvalue weighted by Gasteiger charge is -2.20. The van der Waals surface area contributed by atoms with Crippen molar-refractivity contribution in [3.05, 3.63) is 71.8 Å². The van der Waals surface area contributed by atoms with Crippen molar-refractivity contribution in [2.75, 3.05) is 20.1 Å². The van der Waals surface area contributed by atoms with E-state index in [2.05, 4.69) is 69.5 Å². The SMILES string of the molecule is CN=C(NCCC(=O)NC1CCCC1)NCC(c1ccccc1)c1ccccc1. The zero-order valence-electron chi connectivity index (χ0n) is 17.2. The zero-order valence-corrected chi connectivity index (χ0v) is 17.2. The van der Waals surface area contributed by atoms with Gasteiger partial charge in [0, 0.05) is 38.5 Å². The molecule has 3 rings (SSSR count). The van der Waals surface area contributed by atoms with Gasteiger partial charge in [-0.25, -0.2) is 0 Å². The molecule has 0 radical (unpaired) electrons. The molecule has 2 aromatic carbocycles. The predicted molar refractivity (Wildman–Crippen MR) is 119 cm³/mol. The minimum Gasteiger partial charge on any atom is -0.356 e. The number of carbonyl (C=O) groups excluding carboxylic acids is 1. The molecule has 0 aromatic heterocycles. The van der Waals surface area contributed by atoms with E-state index < -0.39 is 0 Å². The third-order valence-electron chi connectivity index (χ3n) is 5.47. The first-order chi connectivity index (χ1) is 14.3. The van der Waals surface area contributed by atoms with Crippen LogP contribution in [0.3, 0.4) is 0 Å². The highest BCUT2D eigenvalue weighted by atomic mass is 16.1. The van der Waals surface area contributed by atoms with E-state index in [1.54, 1.807) is 7.05 Å². The summed E-state index contributed by atoms with van der Waals surface area (Å²) >= 11 is 0. The number of hydrogen-bond donors (Lipinski definition) is 3. The summed E-state index contributed by atoms with van der Waals surface area (Å²) in [5.41, 5.74) is 2.52. The van der Waals surface area contributed by atoms with Crippen LogP contribution in [-0.4, -0.2) is 38.0 Å². The van der Waals surface area contributed by atoms with E-state index in [-0.39, 0.29) is 11.8 Å². The molecule has 29 heavy (non-hydrogen) atoms. The lowest BCUT2D eigenvalue weighted by Crippen LogP contribution is -2.41. The molecule has 1 fully saturated rings. The van der Waals surface area contributed by atoms with Crippen LogP contribution in [0.2, 0.25) is 0 Å². The van der Waals surface area contributed by atoms with Crippen molar-refractivity contribution in [1.82, 2.24) is 16.0 Å².